The number of nitrogens with two attached hydrogens (primary N) is 1. The van der Waals surface area contributed by atoms with Crippen molar-refractivity contribution in [3.8, 4) is 5.75 Å². The molecule has 3 nitrogen and oxygen atoms in total. The number of aliphatic hydroxyl groups excluding tert-OH is 1. The minimum absolute atomic E-state index is 0.232. The SMILES string of the molecule is CCc1ccc(C(O)COc2ccc(N)cc2)cc1. The fraction of sp³-hybridized carbons (Fsp3) is 0.250. The highest BCUT2D eigenvalue weighted by Crippen LogP contribution is 2.18. The molecule has 0 aliphatic heterocycles. The summed E-state index contributed by atoms with van der Waals surface area (Å²) < 4.78 is 5.53. The Balaban J connectivity index is 1.93. The summed E-state index contributed by atoms with van der Waals surface area (Å²) in [4.78, 5) is 0. The first-order chi connectivity index (χ1) is 9.19. The lowest BCUT2D eigenvalue weighted by atomic mass is 10.1. The van der Waals surface area contributed by atoms with Gasteiger partial charge in [0, 0.05) is 5.69 Å². The van der Waals surface area contributed by atoms with E-state index in [2.05, 4.69) is 6.92 Å². The zero-order valence-electron chi connectivity index (χ0n) is 11.0. The molecule has 0 saturated carbocycles. The highest BCUT2D eigenvalue weighted by Gasteiger charge is 2.08. The van der Waals surface area contributed by atoms with Crippen molar-refractivity contribution in [3.63, 3.8) is 0 Å². The predicted octanol–water partition coefficient (Wildman–Crippen LogP) is 2.94. The molecule has 0 radical (unpaired) electrons. The van der Waals surface area contributed by atoms with Gasteiger partial charge in [0.1, 0.15) is 18.5 Å². The van der Waals surface area contributed by atoms with Crippen LogP contribution in [0.4, 0.5) is 5.69 Å². The van der Waals surface area contributed by atoms with Gasteiger partial charge in [-0.2, -0.15) is 0 Å². The summed E-state index contributed by atoms with van der Waals surface area (Å²) in [6, 6.07) is 15.1. The van der Waals surface area contributed by atoms with Crippen molar-refractivity contribution >= 4 is 5.69 Å². The summed E-state index contributed by atoms with van der Waals surface area (Å²) in [7, 11) is 0. The Labute approximate surface area is 113 Å². The fourth-order valence-corrected chi connectivity index (χ4v) is 1.81. The average Bonchev–Trinajstić information content (AvgIpc) is 2.46. The molecule has 0 aliphatic rings. The molecule has 0 amide bonds. The summed E-state index contributed by atoms with van der Waals surface area (Å²) >= 11 is 0. The van der Waals surface area contributed by atoms with Gasteiger partial charge in [-0.3, -0.25) is 0 Å². The van der Waals surface area contributed by atoms with Crippen LogP contribution in [0, 0.1) is 0 Å². The van der Waals surface area contributed by atoms with Crippen molar-refractivity contribution in [3.05, 3.63) is 59.7 Å². The van der Waals surface area contributed by atoms with Crippen molar-refractivity contribution in [2.75, 3.05) is 12.3 Å². The molecule has 0 bridgehead atoms. The van der Waals surface area contributed by atoms with Gasteiger partial charge >= 0.3 is 0 Å². The third kappa shape index (κ3) is 3.73. The maximum atomic E-state index is 10.1. The van der Waals surface area contributed by atoms with Crippen LogP contribution in [0.5, 0.6) is 5.75 Å². The number of benzene rings is 2. The zero-order chi connectivity index (χ0) is 13.7. The minimum Gasteiger partial charge on any atom is -0.491 e. The van der Waals surface area contributed by atoms with Crippen LogP contribution in [0.3, 0.4) is 0 Å². The number of aryl methyl sites for hydroxylation is 1. The van der Waals surface area contributed by atoms with Crippen LogP contribution in [-0.2, 0) is 6.42 Å². The maximum Gasteiger partial charge on any atom is 0.119 e. The molecule has 19 heavy (non-hydrogen) atoms. The monoisotopic (exact) mass is 257 g/mol. The lowest BCUT2D eigenvalue weighted by molar-refractivity contribution is 0.108. The van der Waals surface area contributed by atoms with Gasteiger partial charge in [-0.1, -0.05) is 31.2 Å². The predicted molar refractivity (Wildman–Crippen MR) is 77.1 cm³/mol. The summed E-state index contributed by atoms with van der Waals surface area (Å²) in [5.41, 5.74) is 8.42. The van der Waals surface area contributed by atoms with Crippen molar-refractivity contribution in [1.29, 1.82) is 0 Å². The number of hydrogen-bond donors (Lipinski definition) is 2. The zero-order valence-corrected chi connectivity index (χ0v) is 11.0. The second-order valence-corrected chi connectivity index (χ2v) is 4.49. The molecule has 0 heterocycles. The summed E-state index contributed by atoms with van der Waals surface area (Å²) in [5, 5.41) is 10.1. The number of anilines is 1. The largest absolute Gasteiger partial charge is 0.491 e. The van der Waals surface area contributed by atoms with Crippen molar-refractivity contribution in [1.82, 2.24) is 0 Å². The standard InChI is InChI=1S/C16H19NO2/c1-2-12-3-5-13(6-4-12)16(18)11-19-15-9-7-14(17)8-10-15/h3-10,16,18H,2,11,17H2,1H3. The van der Waals surface area contributed by atoms with Crippen molar-refractivity contribution in [2.24, 2.45) is 0 Å². The Kier molecular flexibility index (Phi) is 4.42. The van der Waals surface area contributed by atoms with Crippen LogP contribution >= 0.6 is 0 Å². The molecular formula is C16H19NO2. The summed E-state index contributed by atoms with van der Waals surface area (Å²) in [6.45, 7) is 2.34. The van der Waals surface area contributed by atoms with Gasteiger partial charge in [0.25, 0.3) is 0 Å². The first-order valence-corrected chi connectivity index (χ1v) is 6.44. The average molecular weight is 257 g/mol. The first-order valence-electron chi connectivity index (χ1n) is 6.44. The first kappa shape index (κ1) is 13.4. The molecule has 0 spiro atoms. The Morgan fingerprint density at radius 3 is 2.26 bits per heavy atom. The van der Waals surface area contributed by atoms with Gasteiger partial charge < -0.3 is 15.6 Å². The van der Waals surface area contributed by atoms with E-state index in [4.69, 9.17) is 10.5 Å². The van der Waals surface area contributed by atoms with E-state index in [0.29, 0.717) is 11.4 Å². The molecule has 100 valence electrons. The van der Waals surface area contributed by atoms with E-state index < -0.39 is 6.10 Å². The third-order valence-electron chi connectivity index (χ3n) is 3.06. The van der Waals surface area contributed by atoms with Gasteiger partial charge in [-0.25, -0.2) is 0 Å². The number of rotatable bonds is 5. The Bertz CT molecular complexity index is 505. The molecule has 3 heteroatoms. The van der Waals surface area contributed by atoms with E-state index in [1.807, 2.05) is 24.3 Å². The van der Waals surface area contributed by atoms with E-state index >= 15 is 0 Å². The normalized spacial score (nSPS) is 12.1. The maximum absolute atomic E-state index is 10.1. The van der Waals surface area contributed by atoms with E-state index in [9.17, 15) is 5.11 Å². The Hall–Kier alpha value is -2.00. The molecule has 1 atom stereocenters. The third-order valence-corrected chi connectivity index (χ3v) is 3.06. The molecule has 0 aromatic heterocycles. The Morgan fingerprint density at radius 2 is 1.68 bits per heavy atom. The van der Waals surface area contributed by atoms with E-state index in [1.54, 1.807) is 24.3 Å². The van der Waals surface area contributed by atoms with Crippen LogP contribution in [0.1, 0.15) is 24.2 Å². The number of hydrogen-bond acceptors (Lipinski definition) is 3. The highest BCUT2D eigenvalue weighted by molar-refractivity contribution is 5.41. The topological polar surface area (TPSA) is 55.5 Å². The van der Waals surface area contributed by atoms with E-state index in [0.717, 1.165) is 12.0 Å². The molecule has 2 rings (SSSR count). The second-order valence-electron chi connectivity index (χ2n) is 4.49. The molecule has 2 aromatic rings. The van der Waals surface area contributed by atoms with Gasteiger partial charge in [0.15, 0.2) is 0 Å². The van der Waals surface area contributed by atoms with Gasteiger partial charge in [-0.05, 0) is 41.8 Å². The van der Waals surface area contributed by atoms with E-state index in [-0.39, 0.29) is 6.61 Å². The summed E-state index contributed by atoms with van der Waals surface area (Å²) in [6.07, 6.45) is 0.377. The Morgan fingerprint density at radius 1 is 1.05 bits per heavy atom. The second kappa shape index (κ2) is 6.25. The number of ether oxygens (including phenoxy) is 1. The van der Waals surface area contributed by atoms with Crippen molar-refractivity contribution in [2.45, 2.75) is 19.4 Å². The van der Waals surface area contributed by atoms with E-state index in [1.165, 1.54) is 5.56 Å². The quantitative estimate of drug-likeness (QED) is 0.810. The van der Waals surface area contributed by atoms with Gasteiger partial charge in [0.2, 0.25) is 0 Å². The lowest BCUT2D eigenvalue weighted by Crippen LogP contribution is -2.09. The molecule has 3 N–H and O–H groups in total. The smallest absolute Gasteiger partial charge is 0.119 e. The summed E-state index contributed by atoms with van der Waals surface area (Å²) in [5.74, 6) is 0.707. The van der Waals surface area contributed by atoms with Crippen LogP contribution < -0.4 is 10.5 Å². The highest BCUT2D eigenvalue weighted by atomic mass is 16.5. The van der Waals surface area contributed by atoms with Gasteiger partial charge in [0.05, 0.1) is 0 Å². The molecule has 2 aromatic carbocycles. The fourth-order valence-electron chi connectivity index (χ4n) is 1.81. The molecule has 1 unspecified atom stereocenters. The van der Waals surface area contributed by atoms with Crippen LogP contribution in [0.2, 0.25) is 0 Å². The van der Waals surface area contributed by atoms with Gasteiger partial charge in [-0.15, -0.1) is 0 Å². The van der Waals surface area contributed by atoms with Crippen LogP contribution in [-0.4, -0.2) is 11.7 Å². The number of nitrogen functional groups attached to an aromatic ring is 1. The molecule has 0 aliphatic carbocycles. The molecule has 0 fully saturated rings. The van der Waals surface area contributed by atoms with Crippen molar-refractivity contribution < 1.29 is 9.84 Å². The molecule has 0 saturated heterocycles. The minimum atomic E-state index is -0.622. The lowest BCUT2D eigenvalue weighted by Gasteiger charge is -2.13. The molecular weight excluding hydrogens is 238 g/mol. The van der Waals surface area contributed by atoms with Crippen LogP contribution in [0.15, 0.2) is 48.5 Å². The number of aliphatic hydroxyl groups is 1. The van der Waals surface area contributed by atoms with Crippen LogP contribution in [0.25, 0.3) is 0 Å².